The van der Waals surface area contributed by atoms with Crippen LogP contribution in [0, 0.1) is 6.92 Å². The quantitative estimate of drug-likeness (QED) is 0.772. The van der Waals surface area contributed by atoms with Crippen LogP contribution in [0.4, 0.5) is 5.13 Å². The van der Waals surface area contributed by atoms with Gasteiger partial charge in [0, 0.05) is 17.3 Å². The normalized spacial score (nSPS) is 10.9. The van der Waals surface area contributed by atoms with Crippen molar-refractivity contribution in [1.82, 2.24) is 4.98 Å². The highest BCUT2D eigenvalue weighted by Crippen LogP contribution is 2.19. The van der Waals surface area contributed by atoms with Gasteiger partial charge in [0.1, 0.15) is 5.75 Å². The summed E-state index contributed by atoms with van der Waals surface area (Å²) in [5, 5.41) is 0.788. The summed E-state index contributed by atoms with van der Waals surface area (Å²) in [6, 6.07) is 7.85. The zero-order valence-corrected chi connectivity index (χ0v) is 10.7. The third-order valence-electron chi connectivity index (χ3n) is 2.12. The van der Waals surface area contributed by atoms with E-state index >= 15 is 0 Å². The molecule has 0 saturated carbocycles. The molecule has 0 spiro atoms. The largest absolute Gasteiger partial charge is 0.494 e. The SMILES string of the molecule is CCOc1ccc(C=Nc2ncc(C)s2)cc1. The molecule has 1 aromatic carbocycles. The molecule has 1 heterocycles. The van der Waals surface area contributed by atoms with Gasteiger partial charge in [-0.3, -0.25) is 0 Å². The summed E-state index contributed by atoms with van der Waals surface area (Å²) in [7, 11) is 0. The molecule has 0 aliphatic carbocycles. The van der Waals surface area contributed by atoms with E-state index in [1.807, 2.05) is 50.5 Å². The molecule has 0 N–H and O–H groups in total. The van der Waals surface area contributed by atoms with Crippen LogP contribution < -0.4 is 4.74 Å². The molecule has 0 atom stereocenters. The van der Waals surface area contributed by atoms with Gasteiger partial charge < -0.3 is 4.74 Å². The number of benzene rings is 1. The number of ether oxygens (including phenoxy) is 1. The first-order chi connectivity index (χ1) is 8.28. The maximum atomic E-state index is 5.37. The average molecular weight is 246 g/mol. The number of nitrogens with zero attached hydrogens (tertiary/aromatic N) is 2. The van der Waals surface area contributed by atoms with Crippen LogP contribution in [-0.2, 0) is 0 Å². The van der Waals surface area contributed by atoms with Crippen molar-refractivity contribution < 1.29 is 4.74 Å². The lowest BCUT2D eigenvalue weighted by atomic mass is 10.2. The minimum atomic E-state index is 0.686. The third-order valence-corrected chi connectivity index (χ3v) is 2.95. The molecule has 3 nitrogen and oxygen atoms in total. The number of hydrogen-bond donors (Lipinski definition) is 0. The topological polar surface area (TPSA) is 34.5 Å². The molecule has 2 rings (SSSR count). The molecule has 1 aromatic heterocycles. The molecule has 0 aliphatic rings. The van der Waals surface area contributed by atoms with Crippen molar-refractivity contribution in [2.75, 3.05) is 6.61 Å². The van der Waals surface area contributed by atoms with Crippen LogP contribution >= 0.6 is 11.3 Å². The van der Waals surface area contributed by atoms with Gasteiger partial charge >= 0.3 is 0 Å². The van der Waals surface area contributed by atoms with Crippen LogP contribution in [0.25, 0.3) is 0 Å². The molecule has 88 valence electrons. The first kappa shape index (κ1) is 11.8. The number of aromatic nitrogens is 1. The van der Waals surface area contributed by atoms with E-state index in [-0.39, 0.29) is 0 Å². The standard InChI is InChI=1S/C13H14N2OS/c1-3-16-12-6-4-11(5-7-12)9-15-13-14-8-10(2)17-13/h4-9H,3H2,1-2H3. The van der Waals surface area contributed by atoms with Crippen molar-refractivity contribution in [3.8, 4) is 5.75 Å². The summed E-state index contributed by atoms with van der Waals surface area (Å²) in [6.45, 7) is 4.68. The predicted molar refractivity (Wildman–Crippen MR) is 71.7 cm³/mol. The third kappa shape index (κ3) is 3.39. The first-order valence-electron chi connectivity index (χ1n) is 5.47. The van der Waals surface area contributed by atoms with Crippen molar-refractivity contribution in [2.45, 2.75) is 13.8 Å². The fourth-order valence-corrected chi connectivity index (χ4v) is 1.95. The smallest absolute Gasteiger partial charge is 0.209 e. The lowest BCUT2D eigenvalue weighted by molar-refractivity contribution is 0.340. The van der Waals surface area contributed by atoms with E-state index in [0.29, 0.717) is 6.61 Å². The Labute approximate surface area is 105 Å². The number of hydrogen-bond acceptors (Lipinski definition) is 4. The van der Waals surface area contributed by atoms with E-state index in [1.165, 1.54) is 4.88 Å². The van der Waals surface area contributed by atoms with E-state index in [9.17, 15) is 0 Å². The molecule has 0 radical (unpaired) electrons. The van der Waals surface area contributed by atoms with Crippen LogP contribution in [0.3, 0.4) is 0 Å². The van der Waals surface area contributed by atoms with Gasteiger partial charge in [-0.25, -0.2) is 9.98 Å². The average Bonchev–Trinajstić information content (AvgIpc) is 2.75. The summed E-state index contributed by atoms with van der Waals surface area (Å²) < 4.78 is 5.37. The van der Waals surface area contributed by atoms with E-state index < -0.39 is 0 Å². The van der Waals surface area contributed by atoms with Crippen molar-refractivity contribution in [3.63, 3.8) is 0 Å². The Bertz CT molecular complexity index is 502. The fraction of sp³-hybridized carbons (Fsp3) is 0.231. The predicted octanol–water partition coefficient (Wildman–Crippen LogP) is 3.60. The van der Waals surface area contributed by atoms with E-state index in [2.05, 4.69) is 9.98 Å². The van der Waals surface area contributed by atoms with Gasteiger partial charge in [-0.1, -0.05) is 0 Å². The monoisotopic (exact) mass is 246 g/mol. The van der Waals surface area contributed by atoms with Gasteiger partial charge in [-0.15, -0.1) is 11.3 Å². The molecule has 0 unspecified atom stereocenters. The van der Waals surface area contributed by atoms with Crippen molar-refractivity contribution in [1.29, 1.82) is 0 Å². The lowest BCUT2D eigenvalue weighted by Gasteiger charge is -2.01. The summed E-state index contributed by atoms with van der Waals surface area (Å²) in [4.78, 5) is 9.66. The van der Waals surface area contributed by atoms with Crippen molar-refractivity contribution >= 4 is 22.7 Å². The van der Waals surface area contributed by atoms with Crippen LogP contribution in [0.2, 0.25) is 0 Å². The molecular weight excluding hydrogens is 232 g/mol. The summed E-state index contributed by atoms with van der Waals surface area (Å²) in [5.74, 6) is 0.884. The van der Waals surface area contributed by atoms with Gasteiger partial charge in [-0.2, -0.15) is 0 Å². The van der Waals surface area contributed by atoms with Gasteiger partial charge in [0.05, 0.1) is 6.61 Å². The Hall–Kier alpha value is -1.68. The summed E-state index contributed by atoms with van der Waals surface area (Å²) >= 11 is 1.58. The highest BCUT2D eigenvalue weighted by Gasteiger charge is 1.95. The van der Waals surface area contributed by atoms with E-state index in [0.717, 1.165) is 16.4 Å². The van der Waals surface area contributed by atoms with Crippen LogP contribution in [-0.4, -0.2) is 17.8 Å². The van der Waals surface area contributed by atoms with Gasteiger partial charge in [-0.05, 0) is 43.7 Å². The Morgan fingerprint density at radius 3 is 2.71 bits per heavy atom. The second kappa shape index (κ2) is 5.59. The Morgan fingerprint density at radius 2 is 2.12 bits per heavy atom. The number of aryl methyl sites for hydroxylation is 1. The maximum Gasteiger partial charge on any atom is 0.209 e. The second-order valence-electron chi connectivity index (χ2n) is 3.51. The minimum absolute atomic E-state index is 0.686. The van der Waals surface area contributed by atoms with Gasteiger partial charge in [0.25, 0.3) is 0 Å². The van der Waals surface area contributed by atoms with Gasteiger partial charge in [0.15, 0.2) is 0 Å². The number of rotatable bonds is 4. The molecule has 0 amide bonds. The Balaban J connectivity index is 2.05. The first-order valence-corrected chi connectivity index (χ1v) is 6.29. The van der Waals surface area contributed by atoms with Crippen molar-refractivity contribution in [3.05, 3.63) is 40.9 Å². The zero-order valence-electron chi connectivity index (χ0n) is 9.88. The van der Waals surface area contributed by atoms with Gasteiger partial charge in [0.2, 0.25) is 5.13 Å². The molecule has 0 saturated heterocycles. The number of thiazole rings is 1. The van der Waals surface area contributed by atoms with Crippen LogP contribution in [0.1, 0.15) is 17.4 Å². The Morgan fingerprint density at radius 1 is 1.35 bits per heavy atom. The second-order valence-corrected chi connectivity index (χ2v) is 4.73. The van der Waals surface area contributed by atoms with E-state index in [1.54, 1.807) is 11.3 Å². The number of aliphatic imine (C=N–C) groups is 1. The summed E-state index contributed by atoms with van der Waals surface area (Å²) in [6.07, 6.45) is 3.64. The van der Waals surface area contributed by atoms with Crippen LogP contribution in [0.5, 0.6) is 5.75 Å². The minimum Gasteiger partial charge on any atom is -0.494 e. The highest BCUT2D eigenvalue weighted by molar-refractivity contribution is 7.15. The molecule has 17 heavy (non-hydrogen) atoms. The Kier molecular flexibility index (Phi) is 3.88. The van der Waals surface area contributed by atoms with Crippen molar-refractivity contribution in [2.24, 2.45) is 4.99 Å². The molecular formula is C13H14N2OS. The summed E-state index contributed by atoms with van der Waals surface area (Å²) in [5.41, 5.74) is 1.04. The molecule has 0 bridgehead atoms. The van der Waals surface area contributed by atoms with Crippen LogP contribution in [0.15, 0.2) is 35.5 Å². The molecule has 0 aliphatic heterocycles. The molecule has 0 fully saturated rings. The van der Waals surface area contributed by atoms with E-state index in [4.69, 9.17) is 4.74 Å². The molecule has 4 heteroatoms. The fourth-order valence-electron chi connectivity index (χ4n) is 1.35. The maximum absolute atomic E-state index is 5.37. The molecule has 2 aromatic rings. The highest BCUT2D eigenvalue weighted by atomic mass is 32.1. The lowest BCUT2D eigenvalue weighted by Crippen LogP contribution is -1.91. The zero-order chi connectivity index (χ0) is 12.1.